The number of aryl methyl sites for hydroxylation is 1. The molecular formula is C21H20ClN3O2. The zero-order chi connectivity index (χ0) is 18.8. The van der Waals surface area contributed by atoms with E-state index >= 15 is 0 Å². The summed E-state index contributed by atoms with van der Waals surface area (Å²) < 4.78 is 5.50. The molecule has 0 bridgehead atoms. The lowest BCUT2D eigenvalue weighted by Crippen LogP contribution is -2.33. The normalized spacial score (nSPS) is 17.9. The summed E-state index contributed by atoms with van der Waals surface area (Å²) in [7, 11) is 0. The minimum absolute atomic E-state index is 0.125. The van der Waals surface area contributed by atoms with Gasteiger partial charge in [-0.05, 0) is 25.3 Å². The van der Waals surface area contributed by atoms with E-state index in [1.54, 1.807) is 4.90 Å². The summed E-state index contributed by atoms with van der Waals surface area (Å²) in [5, 5.41) is 3.38. The molecule has 27 heavy (non-hydrogen) atoms. The van der Waals surface area contributed by atoms with Crippen molar-refractivity contribution in [1.82, 2.24) is 15.0 Å². The maximum absolute atomic E-state index is 12.9. The first-order valence-electron chi connectivity index (χ1n) is 9.03. The van der Waals surface area contributed by atoms with Gasteiger partial charge in [0.15, 0.2) is 0 Å². The van der Waals surface area contributed by atoms with Crippen molar-refractivity contribution in [3.63, 3.8) is 0 Å². The van der Waals surface area contributed by atoms with Gasteiger partial charge < -0.3 is 9.42 Å². The Balaban J connectivity index is 1.55. The standard InChI is InChI=1S/C21H20ClN3O2/c1-14-9-11-16(12-10-14)19-23-20(27-24-19)17-8-5-13-25(17)21(26)18(22)15-6-3-2-4-7-15/h2-4,6-7,9-12,17-18H,5,8,13H2,1H3. The third-order valence-electron chi connectivity index (χ3n) is 4.88. The minimum atomic E-state index is -0.716. The third-order valence-corrected chi connectivity index (χ3v) is 5.32. The van der Waals surface area contributed by atoms with Crippen molar-refractivity contribution in [3.8, 4) is 11.4 Å². The summed E-state index contributed by atoms with van der Waals surface area (Å²) in [6, 6.07) is 17.1. The highest BCUT2D eigenvalue weighted by molar-refractivity contribution is 6.30. The third kappa shape index (κ3) is 3.60. The van der Waals surface area contributed by atoms with E-state index in [-0.39, 0.29) is 11.9 Å². The molecule has 5 nitrogen and oxygen atoms in total. The smallest absolute Gasteiger partial charge is 0.249 e. The molecule has 0 aliphatic carbocycles. The molecule has 1 aromatic heterocycles. The lowest BCUT2D eigenvalue weighted by molar-refractivity contribution is -0.132. The molecule has 1 saturated heterocycles. The van der Waals surface area contributed by atoms with Crippen molar-refractivity contribution >= 4 is 17.5 Å². The lowest BCUT2D eigenvalue weighted by atomic mass is 10.1. The van der Waals surface area contributed by atoms with Gasteiger partial charge in [0.2, 0.25) is 17.6 Å². The van der Waals surface area contributed by atoms with Crippen molar-refractivity contribution in [2.45, 2.75) is 31.2 Å². The molecule has 138 valence electrons. The molecule has 6 heteroatoms. The van der Waals surface area contributed by atoms with E-state index in [0.717, 1.165) is 24.0 Å². The number of rotatable bonds is 4. The van der Waals surface area contributed by atoms with Crippen LogP contribution in [0, 0.1) is 6.92 Å². The minimum Gasteiger partial charge on any atom is -0.337 e. The van der Waals surface area contributed by atoms with Gasteiger partial charge in [0, 0.05) is 12.1 Å². The highest BCUT2D eigenvalue weighted by atomic mass is 35.5. The van der Waals surface area contributed by atoms with E-state index in [1.807, 2.05) is 61.5 Å². The van der Waals surface area contributed by atoms with Gasteiger partial charge in [-0.15, -0.1) is 11.6 Å². The van der Waals surface area contributed by atoms with Crippen LogP contribution in [0.25, 0.3) is 11.4 Å². The Bertz CT molecular complexity index is 924. The second-order valence-electron chi connectivity index (χ2n) is 6.79. The predicted molar refractivity (Wildman–Crippen MR) is 103 cm³/mol. The van der Waals surface area contributed by atoms with Crippen molar-refractivity contribution in [2.24, 2.45) is 0 Å². The molecule has 1 aliphatic rings. The molecule has 3 aromatic rings. The van der Waals surface area contributed by atoms with Gasteiger partial charge in [0.05, 0.1) is 0 Å². The molecule has 1 fully saturated rings. The first kappa shape index (κ1) is 17.7. The van der Waals surface area contributed by atoms with Crippen LogP contribution < -0.4 is 0 Å². The molecule has 0 saturated carbocycles. The fourth-order valence-electron chi connectivity index (χ4n) is 3.39. The van der Waals surface area contributed by atoms with E-state index in [2.05, 4.69) is 10.1 Å². The maximum Gasteiger partial charge on any atom is 0.249 e. The number of amides is 1. The highest BCUT2D eigenvalue weighted by Gasteiger charge is 2.37. The number of hydrogen-bond donors (Lipinski definition) is 0. The van der Waals surface area contributed by atoms with E-state index in [1.165, 1.54) is 5.56 Å². The molecule has 0 spiro atoms. The van der Waals surface area contributed by atoms with Crippen molar-refractivity contribution < 1.29 is 9.32 Å². The van der Waals surface area contributed by atoms with Gasteiger partial charge in [-0.2, -0.15) is 4.98 Å². The number of likely N-dealkylation sites (tertiary alicyclic amines) is 1. The summed E-state index contributed by atoms with van der Waals surface area (Å²) >= 11 is 6.45. The molecule has 2 unspecified atom stereocenters. The van der Waals surface area contributed by atoms with E-state index < -0.39 is 5.38 Å². The average molecular weight is 382 g/mol. The van der Waals surface area contributed by atoms with Crippen LogP contribution in [0.3, 0.4) is 0 Å². The van der Waals surface area contributed by atoms with Crippen molar-refractivity contribution in [3.05, 3.63) is 71.6 Å². The number of carbonyl (C=O) groups is 1. The van der Waals surface area contributed by atoms with Crippen molar-refractivity contribution in [2.75, 3.05) is 6.54 Å². The number of carbonyl (C=O) groups excluding carboxylic acids is 1. The Morgan fingerprint density at radius 3 is 2.67 bits per heavy atom. The quantitative estimate of drug-likeness (QED) is 0.615. The molecule has 2 atom stereocenters. The fourth-order valence-corrected chi connectivity index (χ4v) is 3.66. The summed E-state index contributed by atoms with van der Waals surface area (Å²) in [4.78, 5) is 19.3. The summed E-state index contributed by atoms with van der Waals surface area (Å²) in [6.45, 7) is 2.67. The van der Waals surface area contributed by atoms with Crippen LogP contribution in [0.1, 0.15) is 41.3 Å². The van der Waals surface area contributed by atoms with Gasteiger partial charge in [0.1, 0.15) is 11.4 Å². The first-order chi connectivity index (χ1) is 13.1. The number of hydrogen-bond acceptors (Lipinski definition) is 4. The molecule has 2 aromatic carbocycles. The first-order valence-corrected chi connectivity index (χ1v) is 9.47. The topological polar surface area (TPSA) is 59.2 Å². The largest absolute Gasteiger partial charge is 0.337 e. The SMILES string of the molecule is Cc1ccc(-c2noc(C3CCCN3C(=O)C(Cl)c3ccccc3)n2)cc1. The van der Waals surface area contributed by atoms with E-state index in [9.17, 15) is 4.79 Å². The molecule has 1 aliphatic heterocycles. The predicted octanol–water partition coefficient (Wildman–Crippen LogP) is 4.69. The Morgan fingerprint density at radius 2 is 1.93 bits per heavy atom. The Morgan fingerprint density at radius 1 is 1.19 bits per heavy atom. The monoisotopic (exact) mass is 381 g/mol. The Kier molecular flexibility index (Phi) is 4.94. The highest BCUT2D eigenvalue weighted by Crippen LogP contribution is 2.35. The number of alkyl halides is 1. The second kappa shape index (κ2) is 7.53. The van der Waals surface area contributed by atoms with Crippen LogP contribution in [-0.4, -0.2) is 27.5 Å². The molecule has 4 rings (SSSR count). The van der Waals surface area contributed by atoms with E-state index in [4.69, 9.17) is 16.1 Å². The molecule has 0 radical (unpaired) electrons. The molecule has 1 amide bonds. The van der Waals surface area contributed by atoms with Gasteiger partial charge in [-0.1, -0.05) is 65.3 Å². The number of halogens is 1. The van der Waals surface area contributed by atoms with Crippen LogP contribution >= 0.6 is 11.6 Å². The molecule has 0 N–H and O–H groups in total. The zero-order valence-corrected chi connectivity index (χ0v) is 15.8. The van der Waals surface area contributed by atoms with Crippen LogP contribution in [0.15, 0.2) is 59.1 Å². The summed E-state index contributed by atoms with van der Waals surface area (Å²) in [5.74, 6) is 0.878. The van der Waals surface area contributed by atoms with Gasteiger partial charge >= 0.3 is 0 Å². The summed E-state index contributed by atoms with van der Waals surface area (Å²) in [5.41, 5.74) is 2.86. The van der Waals surface area contributed by atoms with Crippen LogP contribution in [0.4, 0.5) is 0 Å². The van der Waals surface area contributed by atoms with Crippen LogP contribution in [-0.2, 0) is 4.79 Å². The maximum atomic E-state index is 12.9. The second-order valence-corrected chi connectivity index (χ2v) is 7.22. The number of aromatic nitrogens is 2. The Labute approximate surface area is 163 Å². The lowest BCUT2D eigenvalue weighted by Gasteiger charge is -2.24. The van der Waals surface area contributed by atoms with E-state index in [0.29, 0.717) is 18.3 Å². The molecule has 2 heterocycles. The van der Waals surface area contributed by atoms with Gasteiger partial charge in [-0.3, -0.25) is 4.79 Å². The van der Waals surface area contributed by atoms with Crippen LogP contribution in [0.5, 0.6) is 0 Å². The molecular weight excluding hydrogens is 362 g/mol. The number of nitrogens with zero attached hydrogens (tertiary/aromatic N) is 3. The van der Waals surface area contributed by atoms with Gasteiger partial charge in [0.25, 0.3) is 0 Å². The average Bonchev–Trinajstić information content (AvgIpc) is 3.37. The van der Waals surface area contributed by atoms with Crippen molar-refractivity contribution in [1.29, 1.82) is 0 Å². The zero-order valence-electron chi connectivity index (χ0n) is 15.0. The summed E-state index contributed by atoms with van der Waals surface area (Å²) in [6.07, 6.45) is 1.68. The Hall–Kier alpha value is -2.66. The number of benzene rings is 2. The fraction of sp³-hybridized carbons (Fsp3) is 0.286. The van der Waals surface area contributed by atoms with Crippen LogP contribution in [0.2, 0.25) is 0 Å². The van der Waals surface area contributed by atoms with Gasteiger partial charge in [-0.25, -0.2) is 0 Å².